The number of phenols is 1. The number of piperazine rings is 1. The number of anilines is 1. The van der Waals surface area contributed by atoms with Crippen molar-refractivity contribution in [2.45, 2.75) is 31.0 Å². The summed E-state index contributed by atoms with van der Waals surface area (Å²) in [4.78, 5) is 9.11. The van der Waals surface area contributed by atoms with Gasteiger partial charge in [0.15, 0.2) is 17.4 Å². The predicted molar refractivity (Wildman–Crippen MR) is 112 cm³/mol. The van der Waals surface area contributed by atoms with Crippen LogP contribution in [-0.2, 0) is 13.2 Å². The zero-order valence-electron chi connectivity index (χ0n) is 18.0. The Bertz CT molecular complexity index is 1250. The Morgan fingerprint density at radius 3 is 2.42 bits per heavy atom. The first-order chi connectivity index (χ1) is 15.5. The Morgan fingerprint density at radius 2 is 1.79 bits per heavy atom. The minimum absolute atomic E-state index is 0.00552. The van der Waals surface area contributed by atoms with Crippen LogP contribution >= 0.6 is 0 Å². The van der Waals surface area contributed by atoms with E-state index in [1.807, 2.05) is 0 Å². The summed E-state index contributed by atoms with van der Waals surface area (Å²) in [5, 5.41) is 14.2. The molecule has 33 heavy (non-hydrogen) atoms. The maximum Gasteiger partial charge on any atom is 0.419 e. The fourth-order valence-corrected chi connectivity index (χ4v) is 5.03. The number of aryl methyl sites for hydroxylation is 1. The van der Waals surface area contributed by atoms with E-state index in [-0.39, 0.29) is 11.2 Å². The number of hydrogen-bond donors (Lipinski definition) is 1. The van der Waals surface area contributed by atoms with Crippen molar-refractivity contribution in [3.63, 3.8) is 0 Å². The van der Waals surface area contributed by atoms with Crippen molar-refractivity contribution < 1.29 is 27.1 Å². The minimum atomic E-state index is -5.11. The van der Waals surface area contributed by atoms with Gasteiger partial charge >= 0.3 is 6.18 Å². The van der Waals surface area contributed by atoms with Crippen LogP contribution in [0.4, 0.5) is 27.8 Å². The van der Waals surface area contributed by atoms with Gasteiger partial charge in [0.1, 0.15) is 11.5 Å². The monoisotopic (exact) mass is 467 g/mol. The van der Waals surface area contributed by atoms with Crippen molar-refractivity contribution in [3.8, 4) is 17.0 Å². The van der Waals surface area contributed by atoms with Gasteiger partial charge in [0.25, 0.3) is 0 Å². The lowest BCUT2D eigenvalue weighted by Gasteiger charge is -2.56. The van der Waals surface area contributed by atoms with Gasteiger partial charge in [-0.2, -0.15) is 18.3 Å². The third-order valence-electron chi connectivity index (χ3n) is 6.86. The number of pyridine rings is 1. The van der Waals surface area contributed by atoms with Crippen molar-refractivity contribution in [1.82, 2.24) is 19.7 Å². The van der Waals surface area contributed by atoms with Gasteiger partial charge < -0.3 is 14.9 Å². The van der Waals surface area contributed by atoms with Crippen LogP contribution in [-0.4, -0.2) is 57.0 Å². The molecule has 2 fully saturated rings. The summed E-state index contributed by atoms with van der Waals surface area (Å²) < 4.78 is 69.8. The van der Waals surface area contributed by atoms with Crippen molar-refractivity contribution in [2.24, 2.45) is 7.05 Å². The highest BCUT2D eigenvalue weighted by atomic mass is 19.4. The van der Waals surface area contributed by atoms with E-state index >= 15 is 0 Å². The molecule has 0 bridgehead atoms. The van der Waals surface area contributed by atoms with Gasteiger partial charge in [0.05, 0.1) is 16.6 Å². The number of aromatic nitrogens is 3. The molecule has 11 heteroatoms. The van der Waals surface area contributed by atoms with E-state index in [1.165, 1.54) is 10.9 Å². The number of likely N-dealkylation sites (N-methyl/N-ethyl adjacent to an activating group) is 1. The van der Waals surface area contributed by atoms with Gasteiger partial charge in [-0.3, -0.25) is 4.68 Å². The summed E-state index contributed by atoms with van der Waals surface area (Å²) in [6.07, 6.45) is -0.428. The number of benzene rings is 1. The van der Waals surface area contributed by atoms with Crippen LogP contribution in [0.15, 0.2) is 18.3 Å². The van der Waals surface area contributed by atoms with Gasteiger partial charge in [-0.05, 0) is 32.4 Å². The van der Waals surface area contributed by atoms with Gasteiger partial charge in [0.2, 0.25) is 0 Å². The van der Waals surface area contributed by atoms with Crippen LogP contribution in [0.2, 0.25) is 0 Å². The Hall–Kier alpha value is -2.95. The number of alkyl halides is 3. The quantitative estimate of drug-likeness (QED) is 0.570. The van der Waals surface area contributed by atoms with Crippen LogP contribution in [0, 0.1) is 11.6 Å². The molecule has 2 aromatic heterocycles. The standard InChI is InChI=1S/C22H22F5N5O/c1-30-6-7-32(21(11-30)4-3-5-21)16-9-15-13(10-28-16)19(29-31(15)2)12-8-14(22(25,26)27)18(24)20(33)17(12)23/h8-10,33H,3-7,11H2,1-2H3. The Balaban J connectivity index is 1.63. The SMILES string of the molecule is CN1CCN(c2cc3c(cn2)c(-c2cc(C(F)(F)F)c(F)c(O)c2F)nn3C)C2(CCC2)C1. The molecule has 1 saturated carbocycles. The number of rotatable bonds is 2. The smallest absolute Gasteiger partial charge is 0.419 e. The Morgan fingerprint density at radius 1 is 1.06 bits per heavy atom. The highest BCUT2D eigenvalue weighted by molar-refractivity contribution is 5.94. The first kappa shape index (κ1) is 21.9. The molecule has 1 aliphatic carbocycles. The number of nitrogens with zero attached hydrogens (tertiary/aromatic N) is 5. The summed E-state index contributed by atoms with van der Waals surface area (Å²) in [7, 11) is 3.67. The fraction of sp³-hybridized carbons (Fsp3) is 0.455. The molecule has 1 N–H and O–H groups in total. The predicted octanol–water partition coefficient (Wildman–Crippen LogP) is 4.31. The fourth-order valence-electron chi connectivity index (χ4n) is 5.03. The van der Waals surface area contributed by atoms with E-state index in [4.69, 9.17) is 0 Å². The normalized spacial score (nSPS) is 18.8. The molecular weight excluding hydrogens is 445 g/mol. The lowest BCUT2D eigenvalue weighted by atomic mass is 9.73. The molecule has 0 amide bonds. The van der Waals surface area contributed by atoms with Crippen molar-refractivity contribution >= 4 is 16.7 Å². The molecular formula is C22H22F5N5O. The molecule has 0 atom stereocenters. The molecule has 1 aliphatic heterocycles. The number of fused-ring (bicyclic) bond motifs is 1. The van der Waals surface area contributed by atoms with E-state index in [9.17, 15) is 27.1 Å². The van der Waals surface area contributed by atoms with Crippen LogP contribution < -0.4 is 4.90 Å². The van der Waals surface area contributed by atoms with Gasteiger partial charge in [-0.25, -0.2) is 13.8 Å². The zero-order valence-corrected chi connectivity index (χ0v) is 18.0. The number of aromatic hydroxyl groups is 1. The minimum Gasteiger partial charge on any atom is -0.503 e. The van der Waals surface area contributed by atoms with E-state index in [1.54, 1.807) is 13.1 Å². The van der Waals surface area contributed by atoms with Crippen molar-refractivity contribution in [3.05, 3.63) is 35.5 Å². The van der Waals surface area contributed by atoms with Crippen molar-refractivity contribution in [2.75, 3.05) is 31.6 Å². The Labute approximate surface area is 186 Å². The molecule has 1 spiro atoms. The average Bonchev–Trinajstić information content (AvgIpc) is 3.05. The summed E-state index contributed by atoms with van der Waals surface area (Å²) >= 11 is 0. The second-order valence-electron chi connectivity index (χ2n) is 8.95. The van der Waals surface area contributed by atoms with E-state index in [2.05, 4.69) is 26.9 Å². The third-order valence-corrected chi connectivity index (χ3v) is 6.86. The number of hydrogen-bond acceptors (Lipinski definition) is 5. The molecule has 0 unspecified atom stereocenters. The lowest BCUT2D eigenvalue weighted by Crippen LogP contribution is -2.65. The molecule has 2 aliphatic rings. The average molecular weight is 467 g/mol. The summed E-state index contributed by atoms with van der Waals surface area (Å²) in [6, 6.07) is 2.13. The van der Waals surface area contributed by atoms with Gasteiger partial charge in [-0.15, -0.1) is 0 Å². The maximum atomic E-state index is 14.7. The van der Waals surface area contributed by atoms with Crippen LogP contribution in [0.3, 0.4) is 0 Å². The zero-order chi connectivity index (χ0) is 23.7. The maximum absolute atomic E-state index is 14.7. The second-order valence-corrected chi connectivity index (χ2v) is 8.95. The van der Waals surface area contributed by atoms with Crippen LogP contribution in [0.5, 0.6) is 5.75 Å². The summed E-state index contributed by atoms with van der Waals surface area (Å²) in [5.74, 6) is -4.52. The molecule has 1 aromatic carbocycles. The first-order valence-corrected chi connectivity index (χ1v) is 10.6. The molecule has 3 aromatic rings. The highest BCUT2D eigenvalue weighted by Crippen LogP contribution is 2.44. The topological polar surface area (TPSA) is 57.4 Å². The van der Waals surface area contributed by atoms with Gasteiger partial charge in [-0.1, -0.05) is 0 Å². The first-order valence-electron chi connectivity index (χ1n) is 10.6. The largest absolute Gasteiger partial charge is 0.503 e. The van der Waals surface area contributed by atoms with E-state index in [0.717, 1.165) is 44.7 Å². The molecule has 0 radical (unpaired) electrons. The lowest BCUT2D eigenvalue weighted by molar-refractivity contribution is -0.140. The second kappa shape index (κ2) is 7.28. The van der Waals surface area contributed by atoms with Crippen LogP contribution in [0.25, 0.3) is 22.2 Å². The molecule has 6 nitrogen and oxygen atoms in total. The van der Waals surface area contributed by atoms with E-state index < -0.39 is 34.7 Å². The van der Waals surface area contributed by atoms with Crippen LogP contribution in [0.1, 0.15) is 24.8 Å². The molecule has 5 rings (SSSR count). The van der Waals surface area contributed by atoms with E-state index in [0.29, 0.717) is 17.0 Å². The third kappa shape index (κ3) is 3.32. The molecule has 176 valence electrons. The number of halogens is 5. The highest BCUT2D eigenvalue weighted by Gasteiger charge is 2.46. The summed E-state index contributed by atoms with van der Waals surface area (Å²) in [5.41, 5.74) is -2.01. The van der Waals surface area contributed by atoms with Gasteiger partial charge in [0, 0.05) is 49.9 Å². The molecule has 1 saturated heterocycles. The molecule has 3 heterocycles. The van der Waals surface area contributed by atoms with Crippen molar-refractivity contribution in [1.29, 1.82) is 0 Å². The number of phenolic OH excluding ortho intramolecular Hbond substituents is 1. The Kier molecular flexibility index (Phi) is 4.82. The summed E-state index contributed by atoms with van der Waals surface area (Å²) in [6.45, 7) is 2.58.